The van der Waals surface area contributed by atoms with Crippen molar-refractivity contribution in [2.45, 2.75) is 69.4 Å². The summed E-state index contributed by atoms with van der Waals surface area (Å²) in [5.41, 5.74) is 1.03. The van der Waals surface area contributed by atoms with Crippen LogP contribution < -0.4 is 5.30 Å². The molecule has 7 atom stereocenters. The third kappa shape index (κ3) is 4.56. The minimum atomic E-state index is -2.88. The molecule has 3 aliphatic rings. The lowest BCUT2D eigenvalue weighted by molar-refractivity contribution is -0.274. The van der Waals surface area contributed by atoms with Crippen molar-refractivity contribution >= 4 is 12.4 Å². The highest BCUT2D eigenvalue weighted by Crippen LogP contribution is 2.59. The van der Waals surface area contributed by atoms with Crippen LogP contribution in [0, 0.1) is 0 Å². The van der Waals surface area contributed by atoms with Crippen molar-refractivity contribution in [1.29, 1.82) is 0 Å². The molecule has 0 spiro atoms. The molecule has 0 saturated carbocycles. The minimum Gasteiger partial charge on any atom is -0.378 e. The summed E-state index contributed by atoms with van der Waals surface area (Å²) in [6, 6.07) is 19.4. The Kier molecular flexibility index (Phi) is 6.49. The summed E-state index contributed by atoms with van der Waals surface area (Å²) in [6.07, 6.45) is -1.53. The van der Waals surface area contributed by atoms with Crippen molar-refractivity contribution in [2.24, 2.45) is 0 Å². The molecular weight excluding hydrogens is 443 g/mol. The van der Waals surface area contributed by atoms with E-state index in [9.17, 15) is 4.57 Å². The molecule has 3 aliphatic heterocycles. The molecule has 0 amide bonds. The summed E-state index contributed by atoms with van der Waals surface area (Å²) in [4.78, 5) is 0. The Balaban J connectivity index is 1.39. The zero-order valence-electron chi connectivity index (χ0n) is 19.2. The predicted molar refractivity (Wildman–Crippen MR) is 123 cm³/mol. The van der Waals surface area contributed by atoms with Gasteiger partial charge in [0.15, 0.2) is 18.4 Å². The van der Waals surface area contributed by atoms with Gasteiger partial charge in [-0.2, -0.15) is 0 Å². The van der Waals surface area contributed by atoms with E-state index < -0.39 is 43.6 Å². The van der Waals surface area contributed by atoms with Crippen LogP contribution in [0.3, 0.4) is 0 Å². The topological polar surface area (TPSA) is 72.5 Å². The molecule has 178 valence electrons. The second kappa shape index (κ2) is 9.23. The summed E-state index contributed by atoms with van der Waals surface area (Å²) >= 11 is 0. The van der Waals surface area contributed by atoms with Gasteiger partial charge >= 0.3 is 0 Å². The molecule has 0 N–H and O–H groups in total. The van der Waals surface area contributed by atoms with Crippen molar-refractivity contribution in [3.63, 3.8) is 0 Å². The average Bonchev–Trinajstić information content (AvgIpc) is 3.41. The molecule has 2 aromatic carbocycles. The largest absolute Gasteiger partial charge is 0.378 e. The van der Waals surface area contributed by atoms with E-state index in [1.165, 1.54) is 0 Å². The fourth-order valence-electron chi connectivity index (χ4n) is 4.87. The van der Waals surface area contributed by atoms with Crippen molar-refractivity contribution in [3.05, 3.63) is 66.2 Å². The highest BCUT2D eigenvalue weighted by atomic mass is 31.2. The molecule has 5 rings (SSSR count). The van der Waals surface area contributed by atoms with Crippen LogP contribution >= 0.6 is 7.14 Å². The molecular formula is C25H31O7P. The lowest BCUT2D eigenvalue weighted by Gasteiger charge is -2.31. The molecule has 7 nitrogen and oxygen atoms in total. The van der Waals surface area contributed by atoms with E-state index in [-0.39, 0.29) is 6.10 Å². The zero-order valence-corrected chi connectivity index (χ0v) is 20.1. The van der Waals surface area contributed by atoms with Crippen molar-refractivity contribution in [1.82, 2.24) is 0 Å². The van der Waals surface area contributed by atoms with Crippen molar-refractivity contribution in [2.75, 3.05) is 13.3 Å². The van der Waals surface area contributed by atoms with Gasteiger partial charge in [0.2, 0.25) is 0 Å². The first-order chi connectivity index (χ1) is 15.9. The Hall–Kier alpha value is -1.57. The standard InChI is InChI=1S/C25H31O7P/c1-25(2)31-21-20(28-16-17-10-6-4-7-11-17)22(29-23(21)32-25)30-24-19(27-3)14-15-33(24,26)18-12-8-5-9-13-18/h4-13,19-24H,14-16H2,1-3H3/t19-,20+,21+,22+,23+,24-,33-/m1/s1. The van der Waals surface area contributed by atoms with E-state index in [0.29, 0.717) is 19.2 Å². The second-order valence-electron chi connectivity index (χ2n) is 9.18. The molecule has 3 saturated heterocycles. The van der Waals surface area contributed by atoms with Crippen LogP contribution in [0.5, 0.6) is 0 Å². The number of fused-ring (bicyclic) bond motifs is 1. The van der Waals surface area contributed by atoms with Crippen LogP contribution in [-0.4, -0.2) is 55.8 Å². The van der Waals surface area contributed by atoms with Gasteiger partial charge in [-0.05, 0) is 25.8 Å². The van der Waals surface area contributed by atoms with Gasteiger partial charge in [0.1, 0.15) is 25.2 Å². The average molecular weight is 474 g/mol. The lowest BCUT2D eigenvalue weighted by atomic mass is 10.2. The maximum atomic E-state index is 14.2. The van der Waals surface area contributed by atoms with Gasteiger partial charge in [0.25, 0.3) is 0 Å². The Morgan fingerprint density at radius 2 is 1.73 bits per heavy atom. The predicted octanol–water partition coefficient (Wildman–Crippen LogP) is 3.86. The van der Waals surface area contributed by atoms with E-state index in [1.54, 1.807) is 7.11 Å². The molecule has 33 heavy (non-hydrogen) atoms. The normalized spacial score (nSPS) is 37.3. The molecule has 0 radical (unpaired) electrons. The monoisotopic (exact) mass is 474 g/mol. The molecule has 3 heterocycles. The number of ether oxygens (including phenoxy) is 6. The first-order valence-corrected chi connectivity index (χ1v) is 13.3. The molecule has 0 unspecified atom stereocenters. The number of benzene rings is 2. The fourth-order valence-corrected chi connectivity index (χ4v) is 8.12. The summed E-state index contributed by atoms with van der Waals surface area (Å²) in [6.45, 7) is 4.07. The molecule has 8 heteroatoms. The molecule has 0 bridgehead atoms. The second-order valence-corrected chi connectivity index (χ2v) is 12.2. The van der Waals surface area contributed by atoms with Gasteiger partial charge < -0.3 is 33.0 Å². The first-order valence-electron chi connectivity index (χ1n) is 11.4. The third-order valence-corrected chi connectivity index (χ3v) is 9.85. The van der Waals surface area contributed by atoms with E-state index in [1.807, 2.05) is 74.5 Å². The molecule has 2 aromatic rings. The van der Waals surface area contributed by atoms with Crippen molar-refractivity contribution < 1.29 is 33.0 Å². The van der Waals surface area contributed by atoms with Gasteiger partial charge in [-0.1, -0.05) is 60.7 Å². The fraction of sp³-hybridized carbons (Fsp3) is 0.520. The summed E-state index contributed by atoms with van der Waals surface area (Å²) in [7, 11) is -1.25. The smallest absolute Gasteiger partial charge is 0.193 e. The number of rotatable bonds is 7. The number of hydrogen-bond donors (Lipinski definition) is 0. The van der Waals surface area contributed by atoms with Crippen LogP contribution in [0.15, 0.2) is 60.7 Å². The Bertz CT molecular complexity index is 983. The SMILES string of the molecule is CO[C@@H]1CC[P@@](=O)(c2ccccc2)[C@H]1O[C@@H]1O[C@H]2OC(C)(C)O[C@H]2[C@@H]1OCc1ccccc1. The first kappa shape index (κ1) is 23.2. The van der Waals surface area contributed by atoms with Gasteiger partial charge in [-0.25, -0.2) is 0 Å². The maximum absolute atomic E-state index is 14.2. The molecule has 0 aromatic heterocycles. The van der Waals surface area contributed by atoms with Crippen molar-refractivity contribution in [3.8, 4) is 0 Å². The Labute approximate surface area is 194 Å². The summed E-state index contributed by atoms with van der Waals surface area (Å²) in [5.74, 6) is -1.42. The van der Waals surface area contributed by atoms with Gasteiger partial charge in [0.05, 0.1) is 12.7 Å². The van der Waals surface area contributed by atoms with E-state index in [0.717, 1.165) is 10.9 Å². The molecule has 0 aliphatic carbocycles. The summed E-state index contributed by atoms with van der Waals surface area (Å²) < 4.78 is 50.8. The van der Waals surface area contributed by atoms with E-state index >= 15 is 0 Å². The number of methoxy groups -OCH3 is 1. The Morgan fingerprint density at radius 1 is 1.03 bits per heavy atom. The molecule has 3 fully saturated rings. The maximum Gasteiger partial charge on any atom is 0.193 e. The van der Waals surface area contributed by atoms with Crippen LogP contribution in [0.25, 0.3) is 0 Å². The zero-order chi connectivity index (χ0) is 23.1. The van der Waals surface area contributed by atoms with Crippen LogP contribution in [-0.2, 0) is 39.6 Å². The number of hydrogen-bond acceptors (Lipinski definition) is 7. The van der Waals surface area contributed by atoms with Crippen LogP contribution in [0.2, 0.25) is 0 Å². The van der Waals surface area contributed by atoms with Crippen LogP contribution in [0.1, 0.15) is 25.8 Å². The minimum absolute atomic E-state index is 0.298. The van der Waals surface area contributed by atoms with Gasteiger partial charge in [-0.15, -0.1) is 0 Å². The Morgan fingerprint density at radius 3 is 2.42 bits per heavy atom. The quantitative estimate of drug-likeness (QED) is 0.565. The van der Waals surface area contributed by atoms with E-state index in [4.69, 9.17) is 28.4 Å². The summed E-state index contributed by atoms with van der Waals surface area (Å²) in [5, 5.41) is 0.795. The van der Waals surface area contributed by atoms with E-state index in [2.05, 4.69) is 0 Å². The van der Waals surface area contributed by atoms with Gasteiger partial charge in [0, 0.05) is 18.6 Å². The lowest BCUT2D eigenvalue weighted by Crippen LogP contribution is -2.41. The highest BCUT2D eigenvalue weighted by Gasteiger charge is 2.58. The van der Waals surface area contributed by atoms with Gasteiger partial charge in [-0.3, -0.25) is 0 Å². The highest BCUT2D eigenvalue weighted by molar-refractivity contribution is 7.72. The van der Waals surface area contributed by atoms with Crippen LogP contribution in [0.4, 0.5) is 0 Å². The third-order valence-electron chi connectivity index (χ3n) is 6.48.